The SMILES string of the molecule is CC(C)(C)OC(=O)[C@@H]1[C@@H](c2cc(Cl)cc(Cl)c2)C1(C)C. The highest BCUT2D eigenvalue weighted by atomic mass is 35.5. The zero-order valence-corrected chi connectivity index (χ0v) is 14.0. The fourth-order valence-electron chi connectivity index (χ4n) is 2.82. The molecule has 0 heterocycles. The minimum atomic E-state index is -0.466. The number of hydrogen-bond acceptors (Lipinski definition) is 2. The van der Waals surface area contributed by atoms with Crippen molar-refractivity contribution in [1.82, 2.24) is 0 Å². The lowest BCUT2D eigenvalue weighted by Crippen LogP contribution is -2.26. The van der Waals surface area contributed by atoms with Gasteiger partial charge >= 0.3 is 5.97 Å². The molecule has 0 aromatic heterocycles. The van der Waals surface area contributed by atoms with Crippen LogP contribution in [0.1, 0.15) is 46.1 Å². The van der Waals surface area contributed by atoms with Crippen LogP contribution >= 0.6 is 23.2 Å². The van der Waals surface area contributed by atoms with Crippen LogP contribution in [0.4, 0.5) is 0 Å². The van der Waals surface area contributed by atoms with Crippen molar-refractivity contribution in [1.29, 1.82) is 0 Å². The summed E-state index contributed by atoms with van der Waals surface area (Å²) in [6.07, 6.45) is 0. The number of ether oxygens (including phenoxy) is 1. The molecular formula is C16H20Cl2O2. The highest BCUT2D eigenvalue weighted by Gasteiger charge is 2.63. The third-order valence-electron chi connectivity index (χ3n) is 3.73. The predicted molar refractivity (Wildman–Crippen MR) is 82.3 cm³/mol. The number of rotatable bonds is 2. The summed E-state index contributed by atoms with van der Waals surface area (Å²) in [6, 6.07) is 5.46. The number of carbonyl (C=O) groups is 1. The number of esters is 1. The monoisotopic (exact) mass is 314 g/mol. The Hall–Kier alpha value is -0.730. The minimum absolute atomic E-state index is 0.105. The molecule has 1 saturated carbocycles. The Morgan fingerprint density at radius 2 is 1.65 bits per heavy atom. The molecule has 2 nitrogen and oxygen atoms in total. The van der Waals surface area contributed by atoms with Crippen LogP contribution in [0.5, 0.6) is 0 Å². The highest BCUT2D eigenvalue weighted by Crippen LogP contribution is 2.65. The van der Waals surface area contributed by atoms with Crippen LogP contribution in [-0.2, 0) is 9.53 Å². The molecule has 20 heavy (non-hydrogen) atoms. The molecule has 0 spiro atoms. The molecule has 1 aliphatic rings. The summed E-state index contributed by atoms with van der Waals surface area (Å²) < 4.78 is 5.50. The van der Waals surface area contributed by atoms with Crippen molar-refractivity contribution in [2.24, 2.45) is 11.3 Å². The number of carbonyl (C=O) groups excluding carboxylic acids is 1. The van der Waals surface area contributed by atoms with Crippen LogP contribution in [0.15, 0.2) is 18.2 Å². The Labute approximate surface area is 130 Å². The zero-order chi connectivity index (χ0) is 15.3. The Kier molecular flexibility index (Phi) is 3.85. The van der Waals surface area contributed by atoms with Crippen molar-refractivity contribution in [3.63, 3.8) is 0 Å². The second kappa shape index (κ2) is 4.92. The van der Waals surface area contributed by atoms with Gasteiger partial charge in [-0.25, -0.2) is 0 Å². The third-order valence-corrected chi connectivity index (χ3v) is 4.17. The molecule has 0 saturated heterocycles. The summed E-state index contributed by atoms with van der Waals surface area (Å²) in [4.78, 5) is 12.3. The molecule has 0 unspecified atom stereocenters. The van der Waals surface area contributed by atoms with Gasteiger partial charge in [-0.2, -0.15) is 0 Å². The van der Waals surface area contributed by atoms with Crippen molar-refractivity contribution < 1.29 is 9.53 Å². The first-order valence-corrected chi connectivity index (χ1v) is 7.47. The van der Waals surface area contributed by atoms with Crippen molar-refractivity contribution in [3.05, 3.63) is 33.8 Å². The van der Waals surface area contributed by atoms with E-state index in [9.17, 15) is 4.79 Å². The van der Waals surface area contributed by atoms with Crippen molar-refractivity contribution in [2.45, 2.75) is 46.1 Å². The first kappa shape index (κ1) is 15.7. The Balaban J connectivity index is 2.24. The fourth-order valence-corrected chi connectivity index (χ4v) is 3.36. The maximum atomic E-state index is 12.3. The van der Waals surface area contributed by atoms with Gasteiger partial charge in [-0.3, -0.25) is 4.79 Å². The van der Waals surface area contributed by atoms with Crippen LogP contribution in [-0.4, -0.2) is 11.6 Å². The van der Waals surface area contributed by atoms with E-state index in [1.165, 1.54) is 0 Å². The average molecular weight is 315 g/mol. The van der Waals surface area contributed by atoms with E-state index < -0.39 is 5.60 Å². The fraction of sp³-hybridized carbons (Fsp3) is 0.562. The van der Waals surface area contributed by atoms with E-state index >= 15 is 0 Å². The molecule has 2 rings (SSSR count). The summed E-state index contributed by atoms with van der Waals surface area (Å²) in [5.74, 6) is -0.187. The normalized spacial score (nSPS) is 24.4. The number of benzene rings is 1. The standard InChI is InChI=1S/C16H20Cl2O2/c1-15(2,3)20-14(19)13-12(16(13,4)5)9-6-10(17)8-11(18)7-9/h6-8,12-13H,1-5H3/t12-,13+/m1/s1. The van der Waals surface area contributed by atoms with E-state index in [0.717, 1.165) is 5.56 Å². The summed E-state index contributed by atoms with van der Waals surface area (Å²) in [6.45, 7) is 9.78. The summed E-state index contributed by atoms with van der Waals surface area (Å²) in [5, 5.41) is 1.19. The molecule has 1 aromatic carbocycles. The highest BCUT2D eigenvalue weighted by molar-refractivity contribution is 6.34. The molecule has 1 aliphatic carbocycles. The first-order valence-electron chi connectivity index (χ1n) is 6.71. The van der Waals surface area contributed by atoms with Gasteiger partial charge in [-0.05, 0) is 49.9 Å². The summed E-state index contributed by atoms with van der Waals surface area (Å²) in [5.41, 5.74) is 0.408. The van der Waals surface area contributed by atoms with Crippen LogP contribution in [0.3, 0.4) is 0 Å². The van der Waals surface area contributed by atoms with E-state index in [-0.39, 0.29) is 23.2 Å². The number of halogens is 2. The molecule has 0 amide bonds. The van der Waals surface area contributed by atoms with E-state index in [2.05, 4.69) is 13.8 Å². The van der Waals surface area contributed by atoms with Crippen LogP contribution in [0, 0.1) is 11.3 Å². The zero-order valence-electron chi connectivity index (χ0n) is 12.5. The average Bonchev–Trinajstić information content (AvgIpc) is 2.77. The van der Waals surface area contributed by atoms with E-state index in [0.29, 0.717) is 10.0 Å². The molecule has 0 aliphatic heterocycles. The lowest BCUT2D eigenvalue weighted by atomic mass is 10.0. The lowest BCUT2D eigenvalue weighted by molar-refractivity contribution is -0.157. The molecule has 4 heteroatoms. The maximum absolute atomic E-state index is 12.3. The maximum Gasteiger partial charge on any atom is 0.310 e. The third kappa shape index (κ3) is 3.12. The topological polar surface area (TPSA) is 26.3 Å². The quantitative estimate of drug-likeness (QED) is 0.712. The van der Waals surface area contributed by atoms with Gasteiger partial charge in [0.05, 0.1) is 5.92 Å². The van der Waals surface area contributed by atoms with Gasteiger partial charge in [0.15, 0.2) is 0 Å². The van der Waals surface area contributed by atoms with Crippen LogP contribution in [0.25, 0.3) is 0 Å². The smallest absolute Gasteiger partial charge is 0.310 e. The van der Waals surface area contributed by atoms with Gasteiger partial charge in [-0.15, -0.1) is 0 Å². The van der Waals surface area contributed by atoms with E-state index in [1.807, 2.05) is 32.9 Å². The van der Waals surface area contributed by atoms with Gasteiger partial charge in [-0.1, -0.05) is 37.0 Å². The van der Waals surface area contributed by atoms with E-state index in [1.54, 1.807) is 6.07 Å². The Morgan fingerprint density at radius 3 is 2.10 bits per heavy atom. The van der Waals surface area contributed by atoms with Crippen molar-refractivity contribution in [3.8, 4) is 0 Å². The molecular weight excluding hydrogens is 295 g/mol. The van der Waals surface area contributed by atoms with Gasteiger partial charge < -0.3 is 4.74 Å². The molecule has 1 fully saturated rings. The molecule has 0 bridgehead atoms. The predicted octanol–water partition coefficient (Wildman–Crippen LogP) is 5.07. The second-order valence-electron chi connectivity index (χ2n) is 7.01. The molecule has 1 aromatic rings. The Bertz CT molecular complexity index is 524. The molecule has 0 N–H and O–H groups in total. The van der Waals surface area contributed by atoms with Crippen LogP contribution in [0.2, 0.25) is 10.0 Å². The summed E-state index contributed by atoms with van der Waals surface area (Å²) >= 11 is 12.1. The second-order valence-corrected chi connectivity index (χ2v) is 7.89. The largest absolute Gasteiger partial charge is 0.460 e. The van der Waals surface area contributed by atoms with E-state index in [4.69, 9.17) is 27.9 Å². The minimum Gasteiger partial charge on any atom is -0.460 e. The van der Waals surface area contributed by atoms with Crippen molar-refractivity contribution in [2.75, 3.05) is 0 Å². The first-order chi connectivity index (χ1) is 9.02. The van der Waals surface area contributed by atoms with Gasteiger partial charge in [0, 0.05) is 16.0 Å². The van der Waals surface area contributed by atoms with Gasteiger partial charge in [0.25, 0.3) is 0 Å². The molecule has 110 valence electrons. The lowest BCUT2D eigenvalue weighted by Gasteiger charge is -2.20. The Morgan fingerprint density at radius 1 is 1.15 bits per heavy atom. The van der Waals surface area contributed by atoms with Gasteiger partial charge in [0.2, 0.25) is 0 Å². The van der Waals surface area contributed by atoms with Crippen molar-refractivity contribution >= 4 is 29.2 Å². The van der Waals surface area contributed by atoms with Crippen LogP contribution < -0.4 is 0 Å². The van der Waals surface area contributed by atoms with Gasteiger partial charge in [0.1, 0.15) is 5.60 Å². The summed E-state index contributed by atoms with van der Waals surface area (Å²) in [7, 11) is 0. The molecule has 0 radical (unpaired) electrons. The molecule has 2 atom stereocenters. The number of hydrogen-bond donors (Lipinski definition) is 0.